The molecule has 0 bridgehead atoms. The van der Waals surface area contributed by atoms with E-state index in [1.165, 1.54) is 15.4 Å². The van der Waals surface area contributed by atoms with Crippen LogP contribution < -0.4 is 5.69 Å². The maximum absolute atomic E-state index is 11.3. The SMILES string of the molecule is C=Cn1c(/C=C\C)nn(C)c1=O. The van der Waals surface area contributed by atoms with Crippen molar-refractivity contribution in [3.63, 3.8) is 0 Å². The van der Waals surface area contributed by atoms with Crippen molar-refractivity contribution in [2.24, 2.45) is 7.05 Å². The average Bonchev–Trinajstić information content (AvgIpc) is 2.29. The Hall–Kier alpha value is -1.58. The standard InChI is InChI=1S/C8H11N3O/c1-4-6-7-9-10(3)8(12)11(7)5-2/h4-6H,2H2,1,3H3/b6-4-. The third-order valence-corrected chi connectivity index (χ3v) is 1.48. The molecule has 64 valence electrons. The van der Waals surface area contributed by atoms with Crippen LogP contribution >= 0.6 is 0 Å². The summed E-state index contributed by atoms with van der Waals surface area (Å²) in [7, 11) is 1.61. The van der Waals surface area contributed by atoms with E-state index >= 15 is 0 Å². The van der Waals surface area contributed by atoms with Gasteiger partial charge in [0.2, 0.25) is 0 Å². The van der Waals surface area contributed by atoms with Crippen molar-refractivity contribution in [3.8, 4) is 0 Å². The minimum atomic E-state index is -0.182. The van der Waals surface area contributed by atoms with Gasteiger partial charge in [0.15, 0.2) is 5.82 Å². The fourth-order valence-electron chi connectivity index (χ4n) is 0.933. The van der Waals surface area contributed by atoms with Gasteiger partial charge in [0.05, 0.1) is 0 Å². The molecule has 0 atom stereocenters. The van der Waals surface area contributed by atoms with Crippen molar-refractivity contribution in [3.05, 3.63) is 29.0 Å². The van der Waals surface area contributed by atoms with Crippen LogP contribution in [0.4, 0.5) is 0 Å². The van der Waals surface area contributed by atoms with Crippen molar-refractivity contribution >= 4 is 12.3 Å². The lowest BCUT2D eigenvalue weighted by Crippen LogP contribution is -2.19. The molecule has 0 saturated heterocycles. The monoisotopic (exact) mass is 165 g/mol. The second-order valence-electron chi connectivity index (χ2n) is 2.32. The topological polar surface area (TPSA) is 39.8 Å². The average molecular weight is 165 g/mol. The highest BCUT2D eigenvalue weighted by atomic mass is 16.2. The van der Waals surface area contributed by atoms with Gasteiger partial charge in [0.25, 0.3) is 0 Å². The van der Waals surface area contributed by atoms with Crippen molar-refractivity contribution < 1.29 is 0 Å². The van der Waals surface area contributed by atoms with Crippen LogP contribution in [0.1, 0.15) is 12.7 Å². The van der Waals surface area contributed by atoms with Crippen LogP contribution in [0, 0.1) is 0 Å². The number of rotatable bonds is 2. The third kappa shape index (κ3) is 1.23. The first-order valence-corrected chi connectivity index (χ1v) is 3.61. The van der Waals surface area contributed by atoms with E-state index in [4.69, 9.17) is 0 Å². The van der Waals surface area contributed by atoms with Gasteiger partial charge in [0.1, 0.15) is 0 Å². The van der Waals surface area contributed by atoms with Gasteiger partial charge < -0.3 is 0 Å². The summed E-state index contributed by atoms with van der Waals surface area (Å²) in [5.41, 5.74) is -0.182. The molecule has 4 nitrogen and oxygen atoms in total. The van der Waals surface area contributed by atoms with Crippen molar-refractivity contribution in [2.75, 3.05) is 0 Å². The van der Waals surface area contributed by atoms with E-state index in [9.17, 15) is 4.79 Å². The van der Waals surface area contributed by atoms with Gasteiger partial charge in [-0.3, -0.25) is 4.57 Å². The molecule has 0 aliphatic heterocycles. The normalized spacial score (nSPS) is 10.8. The van der Waals surface area contributed by atoms with Gasteiger partial charge in [-0.15, -0.1) is 0 Å². The van der Waals surface area contributed by atoms with Gasteiger partial charge in [-0.2, -0.15) is 5.10 Å². The number of hydrogen-bond donors (Lipinski definition) is 0. The molecule has 0 aliphatic carbocycles. The molecule has 0 unspecified atom stereocenters. The summed E-state index contributed by atoms with van der Waals surface area (Å²) < 4.78 is 2.66. The fourth-order valence-corrected chi connectivity index (χ4v) is 0.933. The molecule has 0 aliphatic rings. The summed E-state index contributed by atoms with van der Waals surface area (Å²) in [6.07, 6.45) is 5.02. The smallest absolute Gasteiger partial charge is 0.251 e. The van der Waals surface area contributed by atoms with Crippen LogP contribution in [0.3, 0.4) is 0 Å². The maximum Gasteiger partial charge on any atom is 0.350 e. The number of hydrogen-bond acceptors (Lipinski definition) is 2. The van der Waals surface area contributed by atoms with E-state index in [-0.39, 0.29) is 5.69 Å². The highest BCUT2D eigenvalue weighted by Crippen LogP contribution is 1.94. The van der Waals surface area contributed by atoms with Gasteiger partial charge in [-0.1, -0.05) is 12.7 Å². The van der Waals surface area contributed by atoms with Gasteiger partial charge in [-0.05, 0) is 13.0 Å². The summed E-state index contributed by atoms with van der Waals surface area (Å²) in [6.45, 7) is 5.39. The molecule has 0 radical (unpaired) electrons. The molecule has 0 saturated carbocycles. The quantitative estimate of drug-likeness (QED) is 0.647. The second kappa shape index (κ2) is 3.21. The van der Waals surface area contributed by atoms with Crippen LogP contribution in [0.5, 0.6) is 0 Å². The minimum absolute atomic E-state index is 0.182. The zero-order valence-electron chi connectivity index (χ0n) is 7.19. The summed E-state index contributed by atoms with van der Waals surface area (Å²) in [5, 5.41) is 3.98. The number of allylic oxidation sites excluding steroid dienone is 1. The highest BCUT2D eigenvalue weighted by molar-refractivity contribution is 5.42. The van der Waals surface area contributed by atoms with E-state index in [0.717, 1.165) is 0 Å². The zero-order chi connectivity index (χ0) is 9.14. The summed E-state index contributed by atoms with van der Waals surface area (Å²) in [6, 6.07) is 0. The Balaban J connectivity index is 3.39. The third-order valence-electron chi connectivity index (χ3n) is 1.48. The van der Waals surface area contributed by atoms with Crippen LogP contribution in [0.15, 0.2) is 17.4 Å². The predicted octanol–water partition coefficient (Wildman–Crippen LogP) is 0.715. The molecule has 0 fully saturated rings. The molecule has 1 aromatic rings. The number of aryl methyl sites for hydroxylation is 1. The Morgan fingerprint density at radius 2 is 2.25 bits per heavy atom. The van der Waals surface area contributed by atoms with Crippen molar-refractivity contribution in [2.45, 2.75) is 6.92 Å². The molecular weight excluding hydrogens is 154 g/mol. The minimum Gasteiger partial charge on any atom is -0.251 e. The molecule has 1 aromatic heterocycles. The molecule has 1 rings (SSSR count). The van der Waals surface area contributed by atoms with Crippen LogP contribution in [0.2, 0.25) is 0 Å². The maximum atomic E-state index is 11.3. The van der Waals surface area contributed by atoms with Crippen molar-refractivity contribution in [1.29, 1.82) is 0 Å². The second-order valence-corrected chi connectivity index (χ2v) is 2.32. The first kappa shape index (κ1) is 8.52. The molecule has 1 heterocycles. The zero-order valence-corrected chi connectivity index (χ0v) is 7.19. The Kier molecular flexibility index (Phi) is 2.28. The number of nitrogens with zero attached hydrogens (tertiary/aromatic N) is 3. The fraction of sp³-hybridized carbons (Fsp3) is 0.250. The van der Waals surface area contributed by atoms with E-state index in [0.29, 0.717) is 5.82 Å². The Labute approximate surface area is 70.4 Å². The van der Waals surface area contributed by atoms with Crippen molar-refractivity contribution in [1.82, 2.24) is 14.3 Å². The molecular formula is C8H11N3O. The molecule has 0 spiro atoms. The number of aromatic nitrogens is 3. The van der Waals surface area contributed by atoms with Crippen LogP contribution in [0.25, 0.3) is 12.3 Å². The highest BCUT2D eigenvalue weighted by Gasteiger charge is 2.03. The lowest BCUT2D eigenvalue weighted by Gasteiger charge is -1.89. The summed E-state index contributed by atoms with van der Waals surface area (Å²) in [4.78, 5) is 11.3. The molecule has 0 amide bonds. The Morgan fingerprint density at radius 1 is 1.58 bits per heavy atom. The lowest BCUT2D eigenvalue weighted by atomic mass is 10.5. The molecule has 12 heavy (non-hydrogen) atoms. The predicted molar refractivity (Wildman–Crippen MR) is 48.6 cm³/mol. The molecule has 0 N–H and O–H groups in total. The van der Waals surface area contributed by atoms with E-state index in [2.05, 4.69) is 11.7 Å². The lowest BCUT2D eigenvalue weighted by molar-refractivity contribution is 0.728. The largest absolute Gasteiger partial charge is 0.350 e. The Morgan fingerprint density at radius 3 is 2.75 bits per heavy atom. The van der Waals surface area contributed by atoms with Gasteiger partial charge in [-0.25, -0.2) is 9.48 Å². The van der Waals surface area contributed by atoms with Gasteiger partial charge >= 0.3 is 5.69 Å². The van der Waals surface area contributed by atoms with Gasteiger partial charge in [0, 0.05) is 13.2 Å². The first-order valence-electron chi connectivity index (χ1n) is 3.61. The first-order chi connectivity index (χ1) is 5.70. The summed E-state index contributed by atoms with van der Waals surface area (Å²) >= 11 is 0. The van der Waals surface area contributed by atoms with E-state index in [1.54, 1.807) is 13.1 Å². The summed E-state index contributed by atoms with van der Waals surface area (Å²) in [5.74, 6) is 0.597. The van der Waals surface area contributed by atoms with Crippen LogP contribution in [-0.4, -0.2) is 14.3 Å². The molecule has 4 heteroatoms. The van der Waals surface area contributed by atoms with Crippen LogP contribution in [-0.2, 0) is 7.05 Å². The van der Waals surface area contributed by atoms with E-state index < -0.39 is 0 Å². The molecule has 0 aromatic carbocycles. The van der Waals surface area contributed by atoms with E-state index in [1.807, 2.05) is 13.0 Å². The Bertz CT molecular complexity index is 370.